The zero-order valence-electron chi connectivity index (χ0n) is 10.5. The minimum absolute atomic E-state index is 0.335. The molecule has 1 unspecified atom stereocenters. The van der Waals surface area contributed by atoms with Crippen molar-refractivity contribution in [2.75, 3.05) is 32.8 Å². The lowest BCUT2D eigenvalue weighted by Gasteiger charge is -2.29. The summed E-state index contributed by atoms with van der Waals surface area (Å²) in [5.74, 6) is 6.17. The Morgan fingerprint density at radius 3 is 2.76 bits per heavy atom. The molecule has 0 bridgehead atoms. The van der Waals surface area contributed by atoms with Crippen LogP contribution in [0.1, 0.15) is 19.8 Å². The van der Waals surface area contributed by atoms with Gasteiger partial charge in [0.25, 0.3) is 0 Å². The second kappa shape index (κ2) is 6.18. The highest BCUT2D eigenvalue weighted by atomic mass is 16.5. The Morgan fingerprint density at radius 2 is 2.18 bits per heavy atom. The molecule has 1 atom stereocenters. The summed E-state index contributed by atoms with van der Waals surface area (Å²) in [6.45, 7) is 6.84. The maximum absolute atomic E-state index is 5.45. The highest BCUT2D eigenvalue weighted by Crippen LogP contribution is 2.23. The first kappa shape index (κ1) is 12.6. The molecule has 2 fully saturated rings. The molecule has 2 aliphatic rings. The maximum Gasteiger partial charge on any atom is 0.206 e. The molecular formula is C11H23N5O. The average molecular weight is 241 g/mol. The summed E-state index contributed by atoms with van der Waals surface area (Å²) in [7, 11) is 0. The number of morpholine rings is 1. The average Bonchev–Trinajstić information content (AvgIpc) is 3.13. The summed E-state index contributed by atoms with van der Waals surface area (Å²) in [5.41, 5.74) is 2.64. The summed E-state index contributed by atoms with van der Waals surface area (Å²) in [4.78, 5) is 6.86. The molecule has 0 aromatic carbocycles. The van der Waals surface area contributed by atoms with Crippen molar-refractivity contribution in [3.05, 3.63) is 0 Å². The quantitative estimate of drug-likeness (QED) is 0.262. The van der Waals surface area contributed by atoms with Gasteiger partial charge < -0.3 is 10.1 Å². The van der Waals surface area contributed by atoms with Gasteiger partial charge in [-0.25, -0.2) is 10.8 Å². The number of nitrogens with one attached hydrogen (secondary N) is 2. The molecule has 0 radical (unpaired) electrons. The Balaban J connectivity index is 1.72. The molecule has 1 aliphatic carbocycles. The van der Waals surface area contributed by atoms with Crippen LogP contribution >= 0.6 is 0 Å². The van der Waals surface area contributed by atoms with Crippen LogP contribution in [0, 0.1) is 0 Å². The van der Waals surface area contributed by atoms with Gasteiger partial charge >= 0.3 is 0 Å². The van der Waals surface area contributed by atoms with Crippen molar-refractivity contribution in [3.63, 3.8) is 0 Å². The van der Waals surface area contributed by atoms with E-state index in [1.807, 2.05) is 0 Å². The number of hydrogen-bond donors (Lipinski definition) is 3. The van der Waals surface area contributed by atoms with Gasteiger partial charge in [-0.3, -0.25) is 10.3 Å². The van der Waals surface area contributed by atoms with E-state index >= 15 is 0 Å². The normalized spacial score (nSPS) is 24.5. The number of guanidine groups is 1. The zero-order chi connectivity index (χ0) is 12.1. The second-order valence-electron chi connectivity index (χ2n) is 4.81. The van der Waals surface area contributed by atoms with Gasteiger partial charge in [-0.05, 0) is 19.8 Å². The van der Waals surface area contributed by atoms with Gasteiger partial charge in [0.1, 0.15) is 0 Å². The van der Waals surface area contributed by atoms with Crippen molar-refractivity contribution in [3.8, 4) is 0 Å². The molecule has 1 aliphatic heterocycles. The molecule has 0 spiro atoms. The summed E-state index contributed by atoms with van der Waals surface area (Å²) in [6.07, 6.45) is 2.37. The third-order valence-electron chi connectivity index (χ3n) is 3.01. The fraction of sp³-hybridized carbons (Fsp3) is 0.909. The molecule has 17 heavy (non-hydrogen) atoms. The van der Waals surface area contributed by atoms with Gasteiger partial charge in [-0.1, -0.05) is 0 Å². The summed E-state index contributed by atoms with van der Waals surface area (Å²) in [6, 6.07) is 0.811. The lowest BCUT2D eigenvalue weighted by Crippen LogP contribution is -2.50. The number of hydrazine groups is 1. The van der Waals surface area contributed by atoms with Crippen LogP contribution in [0.4, 0.5) is 0 Å². The summed E-state index contributed by atoms with van der Waals surface area (Å²) >= 11 is 0. The lowest BCUT2D eigenvalue weighted by molar-refractivity contribution is 0.0352. The van der Waals surface area contributed by atoms with Crippen LogP contribution in [0.3, 0.4) is 0 Å². The number of nitrogens with zero attached hydrogens (tertiary/aromatic N) is 2. The first-order valence-corrected chi connectivity index (χ1v) is 6.39. The first-order valence-electron chi connectivity index (χ1n) is 6.39. The molecule has 98 valence electrons. The van der Waals surface area contributed by atoms with Crippen LogP contribution in [0.15, 0.2) is 4.99 Å². The van der Waals surface area contributed by atoms with E-state index in [4.69, 9.17) is 10.6 Å². The Labute approximate surface area is 103 Å². The van der Waals surface area contributed by atoms with E-state index in [0.717, 1.165) is 32.8 Å². The molecule has 2 rings (SSSR count). The molecule has 1 saturated carbocycles. The number of aliphatic imine (C=N–C) groups is 1. The third-order valence-corrected chi connectivity index (χ3v) is 3.01. The number of hydrogen-bond acceptors (Lipinski definition) is 4. The van der Waals surface area contributed by atoms with Crippen LogP contribution < -0.4 is 16.6 Å². The van der Waals surface area contributed by atoms with E-state index in [1.54, 1.807) is 0 Å². The monoisotopic (exact) mass is 241 g/mol. The Kier molecular flexibility index (Phi) is 4.58. The Morgan fingerprint density at radius 1 is 1.47 bits per heavy atom. The van der Waals surface area contributed by atoms with Gasteiger partial charge in [0.2, 0.25) is 5.96 Å². The van der Waals surface area contributed by atoms with E-state index in [2.05, 4.69) is 27.6 Å². The highest BCUT2D eigenvalue weighted by Gasteiger charge is 2.21. The molecule has 4 N–H and O–H groups in total. The van der Waals surface area contributed by atoms with Gasteiger partial charge in [0, 0.05) is 25.7 Å². The lowest BCUT2D eigenvalue weighted by atomic mass is 10.3. The van der Waals surface area contributed by atoms with Gasteiger partial charge in [0.05, 0.1) is 19.3 Å². The van der Waals surface area contributed by atoms with Crippen molar-refractivity contribution >= 4 is 5.96 Å². The topological polar surface area (TPSA) is 74.9 Å². The van der Waals surface area contributed by atoms with E-state index < -0.39 is 0 Å². The number of nitrogens with two attached hydrogens (primary N) is 1. The molecule has 1 saturated heterocycles. The molecule has 0 aromatic heterocycles. The highest BCUT2D eigenvalue weighted by molar-refractivity contribution is 5.79. The van der Waals surface area contributed by atoms with Crippen molar-refractivity contribution in [1.29, 1.82) is 0 Å². The van der Waals surface area contributed by atoms with Crippen molar-refractivity contribution in [2.45, 2.75) is 31.8 Å². The number of rotatable bonds is 4. The maximum atomic E-state index is 5.45. The Hall–Kier alpha value is -0.850. The zero-order valence-corrected chi connectivity index (χ0v) is 10.5. The van der Waals surface area contributed by atoms with Crippen LogP contribution in [0.25, 0.3) is 0 Å². The SMILES string of the molecule is CC(CN1CCOCC1)NC(=NC1CC1)NN. The van der Waals surface area contributed by atoms with Crippen LogP contribution in [-0.4, -0.2) is 55.8 Å². The van der Waals surface area contributed by atoms with Crippen LogP contribution in [-0.2, 0) is 4.74 Å². The summed E-state index contributed by atoms with van der Waals surface area (Å²) in [5, 5.41) is 3.32. The predicted molar refractivity (Wildman–Crippen MR) is 67.6 cm³/mol. The van der Waals surface area contributed by atoms with Crippen LogP contribution in [0.2, 0.25) is 0 Å². The van der Waals surface area contributed by atoms with Crippen molar-refractivity contribution in [2.24, 2.45) is 10.8 Å². The Bertz CT molecular complexity index is 261. The molecule has 0 amide bonds. The number of ether oxygens (including phenoxy) is 1. The second-order valence-corrected chi connectivity index (χ2v) is 4.81. The molecule has 1 heterocycles. The van der Waals surface area contributed by atoms with E-state index in [-0.39, 0.29) is 0 Å². The van der Waals surface area contributed by atoms with E-state index in [1.165, 1.54) is 12.8 Å². The molecule has 6 nitrogen and oxygen atoms in total. The first-order chi connectivity index (χ1) is 8.28. The third kappa shape index (κ3) is 4.49. The van der Waals surface area contributed by atoms with Gasteiger partial charge in [0.15, 0.2) is 0 Å². The largest absolute Gasteiger partial charge is 0.379 e. The smallest absolute Gasteiger partial charge is 0.206 e. The van der Waals surface area contributed by atoms with Crippen molar-refractivity contribution < 1.29 is 4.74 Å². The molecule has 6 heteroatoms. The van der Waals surface area contributed by atoms with E-state index in [0.29, 0.717) is 18.0 Å². The minimum atomic E-state index is 0.335. The predicted octanol–water partition coefficient (Wildman–Crippen LogP) is -0.722. The standard InChI is InChI=1S/C11H23N5O/c1-9(8-16-4-6-17-7-5-16)13-11(15-12)14-10-2-3-10/h9-10H,2-8,12H2,1H3,(H2,13,14,15). The fourth-order valence-electron chi connectivity index (χ4n) is 1.95. The molecular weight excluding hydrogens is 218 g/mol. The van der Waals surface area contributed by atoms with E-state index in [9.17, 15) is 0 Å². The minimum Gasteiger partial charge on any atom is -0.379 e. The van der Waals surface area contributed by atoms with Gasteiger partial charge in [-0.15, -0.1) is 0 Å². The van der Waals surface area contributed by atoms with Crippen molar-refractivity contribution in [1.82, 2.24) is 15.6 Å². The molecule has 0 aromatic rings. The summed E-state index contributed by atoms with van der Waals surface area (Å²) < 4.78 is 5.33. The van der Waals surface area contributed by atoms with Crippen LogP contribution in [0.5, 0.6) is 0 Å². The fourth-order valence-corrected chi connectivity index (χ4v) is 1.95. The van der Waals surface area contributed by atoms with Gasteiger partial charge in [-0.2, -0.15) is 0 Å².